The van der Waals surface area contributed by atoms with Gasteiger partial charge < -0.3 is 9.64 Å². The van der Waals surface area contributed by atoms with E-state index in [9.17, 15) is 9.59 Å². The quantitative estimate of drug-likeness (QED) is 0.747. The van der Waals surface area contributed by atoms with Gasteiger partial charge in [-0.15, -0.1) is 11.3 Å². The van der Waals surface area contributed by atoms with Crippen molar-refractivity contribution in [2.75, 3.05) is 13.2 Å². The summed E-state index contributed by atoms with van der Waals surface area (Å²) in [5.41, 5.74) is 1.01. The molecule has 0 N–H and O–H groups in total. The van der Waals surface area contributed by atoms with Crippen LogP contribution in [0.25, 0.3) is 10.9 Å². The Morgan fingerprint density at radius 1 is 1.56 bits per heavy atom. The van der Waals surface area contributed by atoms with E-state index in [-0.39, 0.29) is 29.1 Å². The van der Waals surface area contributed by atoms with Crippen molar-refractivity contribution >= 4 is 45.2 Å². The van der Waals surface area contributed by atoms with E-state index in [1.165, 1.54) is 11.8 Å². The summed E-state index contributed by atoms with van der Waals surface area (Å²) >= 11 is 2.90. The summed E-state index contributed by atoms with van der Waals surface area (Å²) in [6.45, 7) is 5.79. The van der Waals surface area contributed by atoms with Gasteiger partial charge in [-0.1, -0.05) is 30.5 Å². The fourth-order valence-electron chi connectivity index (χ4n) is 2.82. The molecule has 3 heterocycles. The van der Waals surface area contributed by atoms with Crippen molar-refractivity contribution in [2.45, 2.75) is 24.6 Å². The molecule has 25 heavy (non-hydrogen) atoms. The maximum absolute atomic E-state index is 12.3. The SMILES string of the molecule is C=CCOC(=O)N1C[C@@H](SC(C)=O)C[C@H]1/C=C/c1csc2cncn12. The summed E-state index contributed by atoms with van der Waals surface area (Å²) < 4.78 is 7.18. The predicted molar refractivity (Wildman–Crippen MR) is 101 cm³/mol. The maximum Gasteiger partial charge on any atom is 0.410 e. The first-order chi connectivity index (χ1) is 12.1. The highest BCUT2D eigenvalue weighted by Crippen LogP contribution is 2.30. The van der Waals surface area contributed by atoms with Gasteiger partial charge in [-0.25, -0.2) is 9.78 Å². The van der Waals surface area contributed by atoms with Crippen LogP contribution in [0, 0.1) is 0 Å². The van der Waals surface area contributed by atoms with E-state index >= 15 is 0 Å². The number of ether oxygens (including phenoxy) is 1. The normalized spacial score (nSPS) is 20.4. The first-order valence-corrected chi connectivity index (χ1v) is 9.63. The van der Waals surface area contributed by atoms with Gasteiger partial charge in [-0.3, -0.25) is 9.20 Å². The Labute approximate surface area is 154 Å². The molecular weight excluding hydrogens is 358 g/mol. The highest BCUT2D eigenvalue weighted by molar-refractivity contribution is 8.14. The zero-order chi connectivity index (χ0) is 17.8. The van der Waals surface area contributed by atoms with Crippen LogP contribution in [0.2, 0.25) is 0 Å². The molecule has 6 nitrogen and oxygen atoms in total. The number of thiazole rings is 1. The molecule has 1 aliphatic heterocycles. The predicted octanol–water partition coefficient (Wildman–Crippen LogP) is 3.45. The van der Waals surface area contributed by atoms with E-state index in [0.29, 0.717) is 6.54 Å². The van der Waals surface area contributed by atoms with Crippen LogP contribution < -0.4 is 0 Å². The Kier molecular flexibility index (Phi) is 5.60. The number of imidazole rings is 1. The molecule has 1 amide bonds. The van der Waals surface area contributed by atoms with Crippen LogP contribution in [0.3, 0.4) is 0 Å². The topological polar surface area (TPSA) is 63.9 Å². The first-order valence-electron chi connectivity index (χ1n) is 7.87. The van der Waals surface area contributed by atoms with Gasteiger partial charge in [-0.05, 0) is 12.5 Å². The van der Waals surface area contributed by atoms with Gasteiger partial charge in [0.15, 0.2) is 5.12 Å². The Bertz CT molecular complexity index is 811. The number of carbonyl (C=O) groups excluding carboxylic acids is 2. The number of carbonyl (C=O) groups is 2. The van der Waals surface area contributed by atoms with E-state index in [0.717, 1.165) is 16.9 Å². The van der Waals surface area contributed by atoms with E-state index in [4.69, 9.17) is 4.74 Å². The smallest absolute Gasteiger partial charge is 0.410 e. The van der Waals surface area contributed by atoms with Crippen LogP contribution in [0.1, 0.15) is 19.0 Å². The lowest BCUT2D eigenvalue weighted by atomic mass is 10.2. The highest BCUT2D eigenvalue weighted by atomic mass is 32.2. The van der Waals surface area contributed by atoms with Gasteiger partial charge in [0.25, 0.3) is 0 Å². The Morgan fingerprint density at radius 3 is 3.16 bits per heavy atom. The monoisotopic (exact) mass is 377 g/mol. The highest BCUT2D eigenvalue weighted by Gasteiger charge is 2.35. The summed E-state index contributed by atoms with van der Waals surface area (Å²) in [5.74, 6) is 0. The van der Waals surface area contributed by atoms with E-state index in [1.807, 2.05) is 28.1 Å². The second kappa shape index (κ2) is 7.88. The maximum atomic E-state index is 12.3. The molecule has 0 saturated carbocycles. The van der Waals surface area contributed by atoms with Gasteiger partial charge in [0.05, 0.1) is 17.9 Å². The van der Waals surface area contributed by atoms with E-state index < -0.39 is 0 Å². The largest absolute Gasteiger partial charge is 0.445 e. The minimum atomic E-state index is -0.376. The third-order valence-corrected chi connectivity index (χ3v) is 5.78. The Balaban J connectivity index is 1.76. The van der Waals surface area contributed by atoms with Gasteiger partial charge >= 0.3 is 6.09 Å². The fourth-order valence-corrected chi connectivity index (χ4v) is 4.64. The molecule has 1 fully saturated rings. The van der Waals surface area contributed by atoms with Gasteiger partial charge in [0, 0.05) is 24.1 Å². The molecule has 2 aromatic heterocycles. The third kappa shape index (κ3) is 4.13. The lowest BCUT2D eigenvalue weighted by molar-refractivity contribution is -0.109. The molecule has 8 heteroatoms. The van der Waals surface area contributed by atoms with Crippen LogP contribution in [-0.4, -0.2) is 49.9 Å². The molecule has 0 spiro atoms. The van der Waals surface area contributed by atoms with E-state index in [1.54, 1.807) is 35.6 Å². The van der Waals surface area contributed by atoms with Gasteiger partial charge in [-0.2, -0.15) is 0 Å². The lowest BCUT2D eigenvalue weighted by Crippen LogP contribution is -2.35. The van der Waals surface area contributed by atoms with Gasteiger partial charge in [0.1, 0.15) is 17.8 Å². The first kappa shape index (κ1) is 17.8. The summed E-state index contributed by atoms with van der Waals surface area (Å²) in [7, 11) is 0. The van der Waals surface area contributed by atoms with Crippen molar-refractivity contribution in [3.8, 4) is 0 Å². The number of hydrogen-bond donors (Lipinski definition) is 0. The number of hydrogen-bond acceptors (Lipinski definition) is 6. The average molecular weight is 377 g/mol. The Morgan fingerprint density at radius 2 is 2.40 bits per heavy atom. The number of rotatable bonds is 5. The second-order valence-electron chi connectivity index (χ2n) is 5.67. The van der Waals surface area contributed by atoms with Crippen LogP contribution >= 0.6 is 23.1 Å². The fraction of sp³-hybridized carbons (Fsp3) is 0.353. The average Bonchev–Trinajstić information content (AvgIpc) is 3.26. The molecule has 132 valence electrons. The van der Waals surface area contributed by atoms with Crippen molar-refractivity contribution in [3.63, 3.8) is 0 Å². The van der Waals surface area contributed by atoms with Crippen molar-refractivity contribution in [1.82, 2.24) is 14.3 Å². The lowest BCUT2D eigenvalue weighted by Gasteiger charge is -2.21. The van der Waals surface area contributed by atoms with Gasteiger partial charge in [0.2, 0.25) is 0 Å². The van der Waals surface area contributed by atoms with Crippen LogP contribution in [0.15, 0.2) is 36.6 Å². The molecule has 0 unspecified atom stereocenters. The van der Waals surface area contributed by atoms with Crippen LogP contribution in [-0.2, 0) is 9.53 Å². The number of amides is 1. The third-order valence-electron chi connectivity index (χ3n) is 3.87. The molecule has 2 atom stereocenters. The number of likely N-dealkylation sites (tertiary alicyclic amines) is 1. The van der Waals surface area contributed by atoms with Crippen molar-refractivity contribution in [2.24, 2.45) is 0 Å². The van der Waals surface area contributed by atoms with Crippen LogP contribution in [0.4, 0.5) is 4.79 Å². The summed E-state index contributed by atoms with van der Waals surface area (Å²) in [4.78, 5) is 30.6. The summed E-state index contributed by atoms with van der Waals surface area (Å²) in [6.07, 6.45) is 9.46. The van der Waals surface area contributed by atoms with Crippen molar-refractivity contribution in [1.29, 1.82) is 0 Å². The number of aromatic nitrogens is 2. The molecular formula is C17H19N3O3S2. The zero-order valence-corrected chi connectivity index (χ0v) is 15.5. The second-order valence-corrected chi connectivity index (χ2v) is 8.04. The zero-order valence-electron chi connectivity index (χ0n) is 13.8. The molecule has 2 aromatic rings. The molecule has 0 aromatic carbocycles. The standard InChI is InChI=1S/C17H19N3O3S2/c1-3-6-23-17(22)19-9-15(25-12(2)21)7-13(19)4-5-14-10-24-16-8-18-11-20(14)16/h3-5,8,10-11,13,15H,1,6-7,9H2,2H3/b5-4+/t13-,15+/m1/s1. The summed E-state index contributed by atoms with van der Waals surface area (Å²) in [6, 6.07) is -0.104. The number of fused-ring (bicyclic) bond motifs is 1. The molecule has 0 bridgehead atoms. The molecule has 3 rings (SSSR count). The minimum Gasteiger partial charge on any atom is -0.445 e. The number of nitrogens with zero attached hydrogens (tertiary/aromatic N) is 3. The molecule has 1 aliphatic rings. The molecule has 1 saturated heterocycles. The summed E-state index contributed by atoms with van der Waals surface area (Å²) in [5, 5.41) is 2.19. The Hall–Kier alpha value is -2.06. The molecule has 0 radical (unpaired) electrons. The van der Waals surface area contributed by atoms with E-state index in [2.05, 4.69) is 11.6 Å². The van der Waals surface area contributed by atoms with Crippen molar-refractivity contribution in [3.05, 3.63) is 42.3 Å². The molecule has 0 aliphatic carbocycles. The minimum absolute atomic E-state index is 0.0620. The number of thioether (sulfide) groups is 1. The van der Waals surface area contributed by atoms with Crippen molar-refractivity contribution < 1.29 is 14.3 Å². The van der Waals surface area contributed by atoms with Crippen LogP contribution in [0.5, 0.6) is 0 Å².